The normalized spacial score (nSPS) is 15.4. The van der Waals surface area contributed by atoms with Crippen LogP contribution in [0.1, 0.15) is 67.2 Å². The van der Waals surface area contributed by atoms with Gasteiger partial charge in [-0.2, -0.15) is 0 Å². The summed E-state index contributed by atoms with van der Waals surface area (Å²) in [7, 11) is 0. The van der Waals surface area contributed by atoms with E-state index in [1.54, 1.807) is 0 Å². The first-order chi connectivity index (χ1) is 7.75. The Morgan fingerprint density at radius 3 is 2.00 bits per heavy atom. The Balaban J connectivity index is 4.88. The van der Waals surface area contributed by atoms with E-state index in [1.165, 1.54) is 0 Å². The molecular formula is C15H28O2. The van der Waals surface area contributed by atoms with E-state index in [0.29, 0.717) is 0 Å². The number of carbonyl (C=O) groups excluding carboxylic acids is 2. The molecule has 0 aromatic rings. The van der Waals surface area contributed by atoms with E-state index < -0.39 is 5.41 Å². The van der Waals surface area contributed by atoms with Gasteiger partial charge >= 0.3 is 0 Å². The molecule has 0 aliphatic heterocycles. The van der Waals surface area contributed by atoms with Gasteiger partial charge in [0.05, 0.1) is 5.92 Å². The lowest BCUT2D eigenvalue weighted by Gasteiger charge is -2.25. The first-order valence-corrected chi connectivity index (χ1v) is 6.83. The number of hydrogen-bond acceptors (Lipinski definition) is 2. The zero-order chi connectivity index (χ0) is 13.6. The third-order valence-corrected chi connectivity index (χ3v) is 3.34. The lowest BCUT2D eigenvalue weighted by molar-refractivity contribution is -0.139. The van der Waals surface area contributed by atoms with Crippen molar-refractivity contribution in [1.29, 1.82) is 0 Å². The first-order valence-electron chi connectivity index (χ1n) is 6.83. The summed E-state index contributed by atoms with van der Waals surface area (Å²) in [5.74, 6) is -0.134. The van der Waals surface area contributed by atoms with E-state index in [0.717, 1.165) is 25.7 Å². The van der Waals surface area contributed by atoms with Crippen molar-refractivity contribution in [3.8, 4) is 0 Å². The van der Waals surface area contributed by atoms with Crippen molar-refractivity contribution in [2.75, 3.05) is 0 Å². The number of Topliss-reactive ketones (excluding diaryl/α,β-unsaturated/α-hetero) is 2. The SMILES string of the molecule is CCCCC(C(=O)C(C)CC)C(=O)C(C)(C)C. The Morgan fingerprint density at radius 2 is 1.65 bits per heavy atom. The second-order valence-electron chi connectivity index (χ2n) is 6.02. The Morgan fingerprint density at radius 1 is 1.12 bits per heavy atom. The lowest BCUT2D eigenvalue weighted by Crippen LogP contribution is -2.36. The molecule has 0 fully saturated rings. The molecule has 0 radical (unpaired) electrons. The van der Waals surface area contributed by atoms with E-state index in [9.17, 15) is 9.59 Å². The summed E-state index contributed by atoms with van der Waals surface area (Å²) in [5.41, 5.74) is -0.415. The fourth-order valence-corrected chi connectivity index (χ4v) is 1.88. The molecule has 100 valence electrons. The molecule has 0 bridgehead atoms. The van der Waals surface area contributed by atoms with Crippen molar-refractivity contribution in [3.05, 3.63) is 0 Å². The topological polar surface area (TPSA) is 34.1 Å². The van der Waals surface area contributed by atoms with Crippen LogP contribution in [-0.2, 0) is 9.59 Å². The summed E-state index contributed by atoms with van der Waals surface area (Å²) < 4.78 is 0. The molecule has 0 saturated heterocycles. The van der Waals surface area contributed by atoms with Crippen molar-refractivity contribution in [2.45, 2.75) is 67.2 Å². The molecule has 0 saturated carbocycles. The van der Waals surface area contributed by atoms with Gasteiger partial charge in [0.1, 0.15) is 11.6 Å². The average Bonchev–Trinajstić information content (AvgIpc) is 2.26. The van der Waals surface area contributed by atoms with Crippen LogP contribution in [0.2, 0.25) is 0 Å². The second kappa shape index (κ2) is 6.93. The summed E-state index contributed by atoms with van der Waals surface area (Å²) in [6, 6.07) is 0. The van der Waals surface area contributed by atoms with Crippen LogP contribution in [0.3, 0.4) is 0 Å². The molecule has 2 unspecified atom stereocenters. The van der Waals surface area contributed by atoms with Crippen LogP contribution >= 0.6 is 0 Å². The van der Waals surface area contributed by atoms with Crippen molar-refractivity contribution in [1.82, 2.24) is 0 Å². The molecule has 0 aliphatic rings. The average molecular weight is 240 g/mol. The molecule has 2 atom stereocenters. The standard InChI is InChI=1S/C15H28O2/c1-7-9-10-12(13(16)11(3)8-2)14(17)15(4,5)6/h11-12H,7-10H2,1-6H3. The van der Waals surface area contributed by atoms with Crippen molar-refractivity contribution in [2.24, 2.45) is 17.3 Å². The quantitative estimate of drug-likeness (QED) is 0.630. The van der Waals surface area contributed by atoms with E-state index in [-0.39, 0.29) is 23.4 Å². The summed E-state index contributed by atoms with van der Waals surface area (Å²) in [4.78, 5) is 24.6. The van der Waals surface area contributed by atoms with Crippen LogP contribution in [-0.4, -0.2) is 11.6 Å². The highest BCUT2D eigenvalue weighted by Crippen LogP contribution is 2.27. The van der Waals surface area contributed by atoms with Crippen LogP contribution in [0.5, 0.6) is 0 Å². The number of unbranched alkanes of at least 4 members (excludes halogenated alkanes) is 1. The molecule has 0 rings (SSSR count). The van der Waals surface area contributed by atoms with Crippen LogP contribution in [0.15, 0.2) is 0 Å². The fourth-order valence-electron chi connectivity index (χ4n) is 1.88. The van der Waals surface area contributed by atoms with E-state index in [1.807, 2.05) is 34.6 Å². The first kappa shape index (κ1) is 16.3. The summed E-state index contributed by atoms with van der Waals surface area (Å²) in [6.45, 7) is 11.7. The number of hydrogen-bond donors (Lipinski definition) is 0. The van der Waals surface area contributed by atoms with Gasteiger partial charge in [-0.15, -0.1) is 0 Å². The largest absolute Gasteiger partial charge is 0.299 e. The Hall–Kier alpha value is -0.660. The van der Waals surface area contributed by atoms with Crippen LogP contribution in [0.4, 0.5) is 0 Å². The minimum Gasteiger partial charge on any atom is -0.299 e. The molecule has 0 aromatic carbocycles. The Bertz CT molecular complexity index is 261. The predicted octanol–water partition coefficient (Wildman–Crippen LogP) is 4.02. The molecule has 0 N–H and O–H groups in total. The predicted molar refractivity (Wildman–Crippen MR) is 71.9 cm³/mol. The molecular weight excluding hydrogens is 212 g/mol. The number of rotatable bonds is 7. The molecule has 2 nitrogen and oxygen atoms in total. The molecule has 2 heteroatoms. The maximum atomic E-state index is 12.3. The zero-order valence-electron chi connectivity index (χ0n) is 12.3. The van der Waals surface area contributed by atoms with Gasteiger partial charge in [-0.1, -0.05) is 54.4 Å². The minimum atomic E-state index is -0.415. The maximum Gasteiger partial charge on any atom is 0.148 e. The van der Waals surface area contributed by atoms with Gasteiger partial charge in [0.2, 0.25) is 0 Å². The number of ketones is 2. The molecule has 17 heavy (non-hydrogen) atoms. The Kier molecular flexibility index (Phi) is 6.66. The highest BCUT2D eigenvalue weighted by Gasteiger charge is 2.35. The Labute approximate surface area is 106 Å². The molecule has 0 aromatic heterocycles. The summed E-state index contributed by atoms with van der Waals surface area (Å²) >= 11 is 0. The van der Waals surface area contributed by atoms with Crippen LogP contribution in [0.25, 0.3) is 0 Å². The molecule has 0 spiro atoms. The molecule has 0 aliphatic carbocycles. The highest BCUT2D eigenvalue weighted by atomic mass is 16.2. The monoisotopic (exact) mass is 240 g/mol. The van der Waals surface area contributed by atoms with Crippen molar-refractivity contribution in [3.63, 3.8) is 0 Å². The van der Waals surface area contributed by atoms with Crippen LogP contribution < -0.4 is 0 Å². The molecule has 0 heterocycles. The van der Waals surface area contributed by atoms with Gasteiger partial charge in [-0.25, -0.2) is 0 Å². The van der Waals surface area contributed by atoms with E-state index in [4.69, 9.17) is 0 Å². The van der Waals surface area contributed by atoms with E-state index >= 15 is 0 Å². The molecule has 0 amide bonds. The third kappa shape index (κ3) is 5.01. The maximum absolute atomic E-state index is 12.3. The second-order valence-corrected chi connectivity index (χ2v) is 6.02. The summed E-state index contributed by atoms with van der Waals surface area (Å²) in [6.07, 6.45) is 3.52. The highest BCUT2D eigenvalue weighted by molar-refractivity contribution is 6.05. The van der Waals surface area contributed by atoms with Crippen molar-refractivity contribution < 1.29 is 9.59 Å². The lowest BCUT2D eigenvalue weighted by atomic mass is 9.76. The van der Waals surface area contributed by atoms with E-state index in [2.05, 4.69) is 6.92 Å². The number of carbonyl (C=O) groups is 2. The van der Waals surface area contributed by atoms with Gasteiger partial charge in [0.15, 0.2) is 0 Å². The van der Waals surface area contributed by atoms with Crippen molar-refractivity contribution >= 4 is 11.6 Å². The van der Waals surface area contributed by atoms with Gasteiger partial charge in [0.25, 0.3) is 0 Å². The zero-order valence-corrected chi connectivity index (χ0v) is 12.3. The van der Waals surface area contributed by atoms with Crippen LogP contribution in [0, 0.1) is 17.3 Å². The third-order valence-electron chi connectivity index (χ3n) is 3.34. The van der Waals surface area contributed by atoms with Gasteiger partial charge < -0.3 is 0 Å². The smallest absolute Gasteiger partial charge is 0.148 e. The fraction of sp³-hybridized carbons (Fsp3) is 0.867. The van der Waals surface area contributed by atoms with Gasteiger partial charge in [-0.05, 0) is 12.8 Å². The van der Waals surface area contributed by atoms with Gasteiger partial charge in [-0.3, -0.25) is 9.59 Å². The minimum absolute atomic E-state index is 0.00292. The summed E-state index contributed by atoms with van der Waals surface area (Å²) in [5, 5.41) is 0. The van der Waals surface area contributed by atoms with Gasteiger partial charge in [0, 0.05) is 11.3 Å².